The minimum Gasteiger partial charge on any atom is -0.367 e. The molecule has 3 N–H and O–H groups in total. The number of rotatable bonds is 4. The second-order valence-electron chi connectivity index (χ2n) is 7.72. The average Bonchev–Trinajstić information content (AvgIpc) is 2.95. The summed E-state index contributed by atoms with van der Waals surface area (Å²) >= 11 is 0. The summed E-state index contributed by atoms with van der Waals surface area (Å²) in [5, 5.41) is 3.04. The number of benzene rings is 1. The topological polar surface area (TPSA) is 75.4 Å². The number of hydrogen-bond acceptors (Lipinski definition) is 2. The van der Waals surface area contributed by atoms with Gasteiger partial charge in [0.05, 0.1) is 0 Å². The van der Waals surface area contributed by atoms with Gasteiger partial charge in [-0.1, -0.05) is 31.2 Å². The van der Waals surface area contributed by atoms with E-state index in [-0.39, 0.29) is 17.4 Å². The highest BCUT2D eigenvalue weighted by Gasteiger charge is 2.35. The molecule has 1 atom stereocenters. The van der Waals surface area contributed by atoms with Gasteiger partial charge in [-0.2, -0.15) is 0 Å². The van der Waals surface area contributed by atoms with Crippen molar-refractivity contribution in [1.29, 1.82) is 0 Å². The number of nitrogens with one attached hydrogen (secondary N) is 1. The maximum absolute atomic E-state index is 13.7. The minimum atomic E-state index is -1.61. The van der Waals surface area contributed by atoms with Gasteiger partial charge in [-0.3, -0.25) is 4.79 Å². The van der Waals surface area contributed by atoms with Crippen molar-refractivity contribution in [2.75, 3.05) is 19.6 Å². The molecule has 0 radical (unpaired) electrons. The van der Waals surface area contributed by atoms with Crippen molar-refractivity contribution < 1.29 is 14.0 Å². The highest BCUT2D eigenvalue weighted by atomic mass is 19.1. The number of alkyl halides is 1. The number of nitrogens with zero attached hydrogens (tertiary/aromatic N) is 1. The van der Waals surface area contributed by atoms with Gasteiger partial charge >= 0.3 is 6.03 Å². The van der Waals surface area contributed by atoms with Gasteiger partial charge in [-0.25, -0.2) is 9.18 Å². The van der Waals surface area contributed by atoms with Crippen LogP contribution in [0.5, 0.6) is 0 Å². The molecule has 0 aromatic heterocycles. The summed E-state index contributed by atoms with van der Waals surface area (Å²) in [4.78, 5) is 25.1. The molecule has 25 heavy (non-hydrogen) atoms. The molecule has 1 saturated heterocycles. The maximum Gasteiger partial charge on any atom is 0.317 e. The zero-order chi connectivity index (χ0) is 18.0. The lowest BCUT2D eigenvalue weighted by atomic mass is 9.87. The standard InChI is InChI=1S/C19H26FN3O2/c1-19(10-14-4-2-3-5-15(14)11-19)12-22-18(25)23-8-6-13(7-9-23)16(20)17(21)24/h2-5,13,16H,6-12H2,1H3,(H2,21,24)(H,22,25). The predicted octanol–water partition coefficient (Wildman–Crippen LogP) is 2.04. The smallest absolute Gasteiger partial charge is 0.317 e. The third kappa shape index (κ3) is 3.94. The van der Waals surface area contributed by atoms with Gasteiger partial charge in [0.25, 0.3) is 5.91 Å². The predicted molar refractivity (Wildman–Crippen MR) is 93.7 cm³/mol. The lowest BCUT2D eigenvalue weighted by Gasteiger charge is -2.34. The summed E-state index contributed by atoms with van der Waals surface area (Å²) in [6.07, 6.45) is 1.27. The zero-order valence-corrected chi connectivity index (χ0v) is 14.6. The monoisotopic (exact) mass is 347 g/mol. The van der Waals surface area contributed by atoms with E-state index in [4.69, 9.17) is 5.73 Å². The SMILES string of the molecule is CC1(CNC(=O)N2CCC(C(F)C(N)=O)CC2)Cc2ccccc2C1. The molecule has 1 fully saturated rings. The lowest BCUT2D eigenvalue weighted by molar-refractivity contribution is -0.125. The van der Waals surface area contributed by atoms with Gasteiger partial charge in [0.1, 0.15) is 0 Å². The van der Waals surface area contributed by atoms with E-state index in [1.807, 2.05) is 0 Å². The molecule has 1 aromatic rings. The summed E-state index contributed by atoms with van der Waals surface area (Å²) in [5.41, 5.74) is 7.78. The number of carbonyl (C=O) groups excluding carboxylic acids is 2. The van der Waals surface area contributed by atoms with Crippen molar-refractivity contribution in [3.05, 3.63) is 35.4 Å². The van der Waals surface area contributed by atoms with E-state index in [2.05, 4.69) is 36.5 Å². The van der Waals surface area contributed by atoms with Crippen LogP contribution in [0.15, 0.2) is 24.3 Å². The first kappa shape index (κ1) is 17.7. The summed E-state index contributed by atoms with van der Waals surface area (Å²) in [6, 6.07) is 8.30. The van der Waals surface area contributed by atoms with Gasteiger partial charge in [0.2, 0.25) is 0 Å². The van der Waals surface area contributed by atoms with Gasteiger partial charge in [-0.05, 0) is 42.2 Å². The van der Waals surface area contributed by atoms with Gasteiger partial charge < -0.3 is 16.0 Å². The van der Waals surface area contributed by atoms with Crippen LogP contribution in [0.4, 0.5) is 9.18 Å². The summed E-state index contributed by atoms with van der Waals surface area (Å²) in [6.45, 7) is 3.73. The molecule has 1 heterocycles. The molecular formula is C19H26FN3O2. The number of amides is 3. The molecule has 0 spiro atoms. The van der Waals surface area contributed by atoms with Crippen molar-refractivity contribution in [3.63, 3.8) is 0 Å². The van der Waals surface area contributed by atoms with Crippen molar-refractivity contribution in [2.24, 2.45) is 17.1 Å². The van der Waals surface area contributed by atoms with Crippen molar-refractivity contribution in [3.8, 4) is 0 Å². The zero-order valence-electron chi connectivity index (χ0n) is 14.6. The van der Waals surface area contributed by atoms with Gasteiger partial charge in [-0.15, -0.1) is 0 Å². The van der Waals surface area contributed by atoms with Crippen LogP contribution in [-0.2, 0) is 17.6 Å². The largest absolute Gasteiger partial charge is 0.367 e. The third-order valence-corrected chi connectivity index (χ3v) is 5.53. The fraction of sp³-hybridized carbons (Fsp3) is 0.579. The summed E-state index contributed by atoms with van der Waals surface area (Å²) in [7, 11) is 0. The molecule has 5 nitrogen and oxygen atoms in total. The van der Waals surface area contributed by atoms with E-state index in [1.165, 1.54) is 11.1 Å². The number of urea groups is 1. The van der Waals surface area contributed by atoms with E-state index in [1.54, 1.807) is 4.90 Å². The molecule has 0 saturated carbocycles. The Balaban J connectivity index is 1.47. The van der Waals surface area contributed by atoms with E-state index >= 15 is 0 Å². The van der Waals surface area contributed by atoms with Crippen LogP contribution in [0.2, 0.25) is 0 Å². The molecule has 1 unspecified atom stereocenters. The highest BCUT2D eigenvalue weighted by molar-refractivity contribution is 5.79. The van der Waals surface area contributed by atoms with Crippen LogP contribution in [0.3, 0.4) is 0 Å². The van der Waals surface area contributed by atoms with Crippen molar-refractivity contribution in [1.82, 2.24) is 10.2 Å². The number of piperidine rings is 1. The van der Waals surface area contributed by atoms with Crippen molar-refractivity contribution in [2.45, 2.75) is 38.8 Å². The van der Waals surface area contributed by atoms with Crippen LogP contribution in [-0.4, -0.2) is 42.6 Å². The van der Waals surface area contributed by atoms with E-state index in [9.17, 15) is 14.0 Å². The van der Waals surface area contributed by atoms with Crippen molar-refractivity contribution >= 4 is 11.9 Å². The first-order chi connectivity index (χ1) is 11.9. The Bertz CT molecular complexity index is 631. The number of primary amides is 1. The fourth-order valence-corrected chi connectivity index (χ4v) is 4.04. The fourth-order valence-electron chi connectivity index (χ4n) is 4.04. The van der Waals surface area contributed by atoms with E-state index < -0.39 is 12.1 Å². The lowest BCUT2D eigenvalue weighted by Crippen LogP contribution is -2.49. The number of halogens is 1. The molecule has 136 valence electrons. The molecular weight excluding hydrogens is 321 g/mol. The number of nitrogens with two attached hydrogens (primary N) is 1. The van der Waals surface area contributed by atoms with Gasteiger partial charge in [0.15, 0.2) is 6.17 Å². The van der Waals surface area contributed by atoms with Crippen LogP contribution in [0, 0.1) is 11.3 Å². The molecule has 3 amide bonds. The summed E-state index contributed by atoms with van der Waals surface area (Å²) < 4.78 is 13.7. The molecule has 0 bridgehead atoms. The second kappa shape index (κ2) is 7.02. The van der Waals surface area contributed by atoms with Crippen LogP contribution < -0.4 is 11.1 Å². The second-order valence-corrected chi connectivity index (χ2v) is 7.72. The number of fused-ring (bicyclic) bond motifs is 1. The Morgan fingerprint density at radius 2 is 1.84 bits per heavy atom. The van der Waals surface area contributed by atoms with Gasteiger partial charge in [0, 0.05) is 25.6 Å². The first-order valence-electron chi connectivity index (χ1n) is 8.91. The van der Waals surface area contributed by atoms with Crippen LogP contribution >= 0.6 is 0 Å². The van der Waals surface area contributed by atoms with E-state index in [0.717, 1.165) is 12.8 Å². The summed E-state index contributed by atoms with van der Waals surface area (Å²) in [5.74, 6) is -1.28. The Morgan fingerprint density at radius 1 is 1.28 bits per heavy atom. The number of hydrogen-bond donors (Lipinski definition) is 2. The van der Waals surface area contributed by atoms with E-state index in [0.29, 0.717) is 32.5 Å². The van der Waals surface area contributed by atoms with Crippen LogP contribution in [0.1, 0.15) is 30.9 Å². The number of carbonyl (C=O) groups is 2. The molecule has 3 rings (SSSR count). The normalized spacial score (nSPS) is 20.8. The Hall–Kier alpha value is -2.11. The Kier molecular flexibility index (Phi) is 4.97. The molecule has 1 aliphatic heterocycles. The molecule has 6 heteroatoms. The maximum atomic E-state index is 13.7. The Morgan fingerprint density at radius 3 is 2.36 bits per heavy atom. The minimum absolute atomic E-state index is 0.0354. The molecule has 1 aliphatic carbocycles. The number of likely N-dealkylation sites (tertiary alicyclic amines) is 1. The first-order valence-corrected chi connectivity index (χ1v) is 8.91. The Labute approximate surface area is 147 Å². The molecule has 1 aromatic carbocycles. The quantitative estimate of drug-likeness (QED) is 0.874. The third-order valence-electron chi connectivity index (χ3n) is 5.53. The average molecular weight is 347 g/mol. The molecule has 2 aliphatic rings. The van der Waals surface area contributed by atoms with Crippen LogP contribution in [0.25, 0.3) is 0 Å². The highest BCUT2D eigenvalue weighted by Crippen LogP contribution is 2.36.